The molecule has 1 unspecified atom stereocenters. The number of nitro benzene ring substituents is 1. The molecule has 0 spiro atoms. The second kappa shape index (κ2) is 7.39. The van der Waals surface area contributed by atoms with Crippen molar-refractivity contribution in [1.29, 1.82) is 0 Å². The zero-order chi connectivity index (χ0) is 18.0. The lowest BCUT2D eigenvalue weighted by molar-refractivity contribution is -0.384. The predicted molar refractivity (Wildman–Crippen MR) is 95.0 cm³/mol. The number of likely N-dealkylation sites (tertiary alicyclic amines) is 1. The van der Waals surface area contributed by atoms with Gasteiger partial charge in [0.05, 0.1) is 16.7 Å². The van der Waals surface area contributed by atoms with E-state index in [9.17, 15) is 14.9 Å². The number of carbonyl (C=O) groups is 1. The number of nitrogens with zero attached hydrogens (tertiary/aromatic N) is 3. The first-order valence-electron chi connectivity index (χ1n) is 8.96. The molecule has 1 fully saturated rings. The van der Waals surface area contributed by atoms with E-state index in [2.05, 4.69) is 4.90 Å². The van der Waals surface area contributed by atoms with Crippen molar-refractivity contribution in [1.82, 2.24) is 4.90 Å². The summed E-state index contributed by atoms with van der Waals surface area (Å²) in [7, 11) is 0. The Hall–Kier alpha value is -2.15. The van der Waals surface area contributed by atoms with Gasteiger partial charge in [0.2, 0.25) is 0 Å². The first kappa shape index (κ1) is 17.7. The van der Waals surface area contributed by atoms with Gasteiger partial charge in [0.25, 0.3) is 11.6 Å². The minimum Gasteiger partial charge on any atom is -0.478 e. The SMILES string of the molecule is CC(C)C1Oc2cc([N+](=O)[O-])ccc2N(CCN2CCCCC2)C1=O. The molecule has 2 aliphatic heterocycles. The number of fused-ring (bicyclic) bond motifs is 1. The van der Waals surface area contributed by atoms with Gasteiger partial charge in [0.15, 0.2) is 11.9 Å². The zero-order valence-electron chi connectivity index (χ0n) is 14.8. The normalized spacial score (nSPS) is 21.2. The Morgan fingerprint density at radius 3 is 2.60 bits per heavy atom. The fourth-order valence-corrected chi connectivity index (χ4v) is 3.47. The van der Waals surface area contributed by atoms with Gasteiger partial charge in [-0.2, -0.15) is 0 Å². The summed E-state index contributed by atoms with van der Waals surface area (Å²) in [5.41, 5.74) is 0.607. The van der Waals surface area contributed by atoms with Gasteiger partial charge in [0.1, 0.15) is 0 Å². The number of nitro groups is 1. The summed E-state index contributed by atoms with van der Waals surface area (Å²) in [5, 5.41) is 11.0. The zero-order valence-corrected chi connectivity index (χ0v) is 14.8. The minimum atomic E-state index is -0.601. The van der Waals surface area contributed by atoms with Gasteiger partial charge in [-0.3, -0.25) is 14.9 Å². The van der Waals surface area contributed by atoms with Crippen LogP contribution < -0.4 is 9.64 Å². The fourth-order valence-electron chi connectivity index (χ4n) is 3.47. The van der Waals surface area contributed by atoms with Gasteiger partial charge in [-0.1, -0.05) is 20.3 Å². The van der Waals surface area contributed by atoms with E-state index in [0.717, 1.165) is 19.6 Å². The second-order valence-electron chi connectivity index (χ2n) is 7.08. The molecule has 136 valence electrons. The largest absolute Gasteiger partial charge is 0.478 e. The molecule has 25 heavy (non-hydrogen) atoms. The van der Waals surface area contributed by atoms with Crippen molar-refractivity contribution in [2.24, 2.45) is 5.92 Å². The number of amides is 1. The summed E-state index contributed by atoms with van der Waals surface area (Å²) in [5.74, 6) is 0.358. The molecule has 1 amide bonds. The highest BCUT2D eigenvalue weighted by Crippen LogP contribution is 2.38. The molecule has 1 saturated heterocycles. The first-order valence-corrected chi connectivity index (χ1v) is 8.96. The molecule has 0 radical (unpaired) electrons. The lowest BCUT2D eigenvalue weighted by Crippen LogP contribution is -2.50. The molecule has 2 aliphatic rings. The standard InChI is InChI=1S/C18H25N3O4/c1-13(2)17-18(22)20(11-10-19-8-4-3-5-9-19)15-7-6-14(21(23)24)12-16(15)25-17/h6-7,12-13,17H,3-5,8-11H2,1-2H3. The molecule has 1 atom stereocenters. The number of ether oxygens (including phenoxy) is 1. The Bertz CT molecular complexity index is 656. The van der Waals surface area contributed by atoms with Crippen molar-refractivity contribution in [3.8, 4) is 5.75 Å². The number of rotatable bonds is 5. The molecular formula is C18H25N3O4. The van der Waals surface area contributed by atoms with Gasteiger partial charge >= 0.3 is 0 Å². The van der Waals surface area contributed by atoms with E-state index >= 15 is 0 Å². The maximum atomic E-state index is 12.9. The smallest absolute Gasteiger partial charge is 0.273 e. The van der Waals surface area contributed by atoms with E-state index in [-0.39, 0.29) is 17.5 Å². The van der Waals surface area contributed by atoms with Crippen LogP contribution in [0.3, 0.4) is 0 Å². The molecule has 0 saturated carbocycles. The highest BCUT2D eigenvalue weighted by Gasteiger charge is 2.37. The molecule has 0 aliphatic carbocycles. The molecule has 2 heterocycles. The van der Waals surface area contributed by atoms with E-state index in [1.165, 1.54) is 31.4 Å². The Morgan fingerprint density at radius 2 is 1.96 bits per heavy atom. The van der Waals surface area contributed by atoms with Crippen molar-refractivity contribution in [3.63, 3.8) is 0 Å². The number of benzene rings is 1. The molecule has 7 nitrogen and oxygen atoms in total. The molecule has 1 aromatic rings. The van der Waals surface area contributed by atoms with Gasteiger partial charge in [-0.25, -0.2) is 0 Å². The highest BCUT2D eigenvalue weighted by atomic mass is 16.6. The quantitative estimate of drug-likeness (QED) is 0.605. The summed E-state index contributed by atoms with van der Waals surface area (Å²) < 4.78 is 5.81. The van der Waals surface area contributed by atoms with Gasteiger partial charge in [-0.05, 0) is 37.9 Å². The van der Waals surface area contributed by atoms with E-state index in [1.807, 2.05) is 13.8 Å². The van der Waals surface area contributed by atoms with Crippen LogP contribution in [-0.4, -0.2) is 48.0 Å². The van der Waals surface area contributed by atoms with Crippen LogP contribution in [0.15, 0.2) is 18.2 Å². The maximum absolute atomic E-state index is 12.9. The van der Waals surface area contributed by atoms with Gasteiger partial charge in [-0.15, -0.1) is 0 Å². The van der Waals surface area contributed by atoms with Gasteiger partial charge < -0.3 is 14.5 Å². The van der Waals surface area contributed by atoms with Crippen LogP contribution in [0, 0.1) is 16.0 Å². The van der Waals surface area contributed by atoms with Crippen molar-refractivity contribution in [3.05, 3.63) is 28.3 Å². The Kier molecular flexibility index (Phi) is 5.22. The Balaban J connectivity index is 1.84. The Labute approximate surface area is 147 Å². The summed E-state index contributed by atoms with van der Waals surface area (Å²) in [6, 6.07) is 4.47. The monoisotopic (exact) mass is 347 g/mol. The summed E-state index contributed by atoms with van der Waals surface area (Å²) in [4.78, 5) is 27.6. The third kappa shape index (κ3) is 3.76. The predicted octanol–water partition coefficient (Wildman–Crippen LogP) is 2.83. The molecular weight excluding hydrogens is 322 g/mol. The van der Waals surface area contributed by atoms with E-state index in [0.29, 0.717) is 18.0 Å². The number of hydrogen-bond donors (Lipinski definition) is 0. The average molecular weight is 347 g/mol. The van der Waals surface area contributed by atoms with E-state index < -0.39 is 11.0 Å². The molecule has 0 N–H and O–H groups in total. The number of non-ortho nitro benzene ring substituents is 1. The van der Waals surface area contributed by atoms with Crippen LogP contribution in [-0.2, 0) is 4.79 Å². The lowest BCUT2D eigenvalue weighted by atomic mass is 10.0. The van der Waals surface area contributed by atoms with Crippen molar-refractivity contribution in [2.45, 2.75) is 39.2 Å². The van der Waals surface area contributed by atoms with Crippen LogP contribution in [0.4, 0.5) is 11.4 Å². The van der Waals surface area contributed by atoms with Crippen molar-refractivity contribution >= 4 is 17.3 Å². The first-order chi connectivity index (χ1) is 12.0. The molecule has 7 heteroatoms. The maximum Gasteiger partial charge on any atom is 0.273 e. The van der Waals surface area contributed by atoms with Crippen molar-refractivity contribution < 1.29 is 14.5 Å². The van der Waals surface area contributed by atoms with Gasteiger partial charge in [0, 0.05) is 19.2 Å². The van der Waals surface area contributed by atoms with Crippen LogP contribution in [0.25, 0.3) is 0 Å². The fraction of sp³-hybridized carbons (Fsp3) is 0.611. The number of anilines is 1. The van der Waals surface area contributed by atoms with Crippen LogP contribution in [0.5, 0.6) is 5.75 Å². The molecule has 0 aromatic heterocycles. The Morgan fingerprint density at radius 1 is 1.24 bits per heavy atom. The van der Waals surface area contributed by atoms with Crippen LogP contribution in [0.1, 0.15) is 33.1 Å². The van der Waals surface area contributed by atoms with E-state index in [4.69, 9.17) is 4.74 Å². The van der Waals surface area contributed by atoms with Crippen LogP contribution >= 0.6 is 0 Å². The number of hydrogen-bond acceptors (Lipinski definition) is 5. The lowest BCUT2D eigenvalue weighted by Gasteiger charge is -2.37. The molecule has 0 bridgehead atoms. The number of carbonyl (C=O) groups excluding carboxylic acids is 1. The summed E-state index contributed by atoms with van der Waals surface area (Å²) in [6.45, 7) is 7.38. The van der Waals surface area contributed by atoms with Crippen LogP contribution in [0.2, 0.25) is 0 Å². The summed E-state index contributed by atoms with van der Waals surface area (Å²) in [6.07, 6.45) is 3.08. The van der Waals surface area contributed by atoms with Crippen molar-refractivity contribution in [2.75, 3.05) is 31.1 Å². The second-order valence-corrected chi connectivity index (χ2v) is 7.08. The third-order valence-corrected chi connectivity index (χ3v) is 4.90. The number of piperidine rings is 1. The topological polar surface area (TPSA) is 75.9 Å². The summed E-state index contributed by atoms with van der Waals surface area (Å²) >= 11 is 0. The average Bonchev–Trinajstić information content (AvgIpc) is 2.60. The minimum absolute atomic E-state index is 0.00241. The molecule has 1 aromatic carbocycles. The molecule has 3 rings (SSSR count). The highest BCUT2D eigenvalue weighted by molar-refractivity contribution is 6.00. The van der Waals surface area contributed by atoms with E-state index in [1.54, 1.807) is 11.0 Å². The third-order valence-electron chi connectivity index (χ3n) is 4.90.